The van der Waals surface area contributed by atoms with Gasteiger partial charge in [0.05, 0.1) is 0 Å². The predicted molar refractivity (Wildman–Crippen MR) is 167 cm³/mol. The molecule has 2 aromatic heterocycles. The Morgan fingerprint density at radius 1 is 0.475 bits per heavy atom. The van der Waals surface area contributed by atoms with Crippen molar-refractivity contribution in [3.8, 4) is 11.1 Å². The van der Waals surface area contributed by atoms with Crippen LogP contribution in [0, 0.1) is 0 Å². The van der Waals surface area contributed by atoms with Gasteiger partial charge in [0.2, 0.25) is 0 Å². The number of fused-ring (bicyclic) bond motifs is 6. The first-order chi connectivity index (χ1) is 19.8. The second kappa shape index (κ2) is 9.11. The molecule has 0 unspecified atom stereocenters. The second-order valence-corrected chi connectivity index (χ2v) is 10.1. The zero-order valence-electron chi connectivity index (χ0n) is 21.7. The molecule has 0 atom stereocenters. The fourth-order valence-electron chi connectivity index (χ4n) is 5.85. The summed E-state index contributed by atoms with van der Waals surface area (Å²) in [6, 6.07) is 46.9. The Hall–Kier alpha value is -5.41. The van der Waals surface area contributed by atoms with Gasteiger partial charge in [0.25, 0.3) is 0 Å². The molecule has 0 bridgehead atoms. The van der Waals surface area contributed by atoms with Crippen LogP contribution in [-0.4, -0.2) is 4.98 Å². The molecule has 0 spiro atoms. The average molecular weight is 513 g/mol. The van der Waals surface area contributed by atoms with Crippen molar-refractivity contribution >= 4 is 60.5 Å². The van der Waals surface area contributed by atoms with E-state index in [4.69, 9.17) is 4.42 Å². The summed E-state index contributed by atoms with van der Waals surface area (Å²) in [5.74, 6) is 0. The number of anilines is 3. The van der Waals surface area contributed by atoms with Gasteiger partial charge in [0.15, 0.2) is 0 Å². The molecule has 40 heavy (non-hydrogen) atoms. The maximum atomic E-state index is 6.21. The number of hydrogen-bond donors (Lipinski definition) is 0. The third-order valence-electron chi connectivity index (χ3n) is 7.72. The van der Waals surface area contributed by atoms with E-state index in [1.165, 1.54) is 21.9 Å². The molecule has 2 heterocycles. The van der Waals surface area contributed by atoms with Gasteiger partial charge in [-0.15, -0.1) is 0 Å². The molecule has 0 saturated heterocycles. The molecule has 0 aliphatic heterocycles. The summed E-state index contributed by atoms with van der Waals surface area (Å²) in [5.41, 5.74) is 7.53. The van der Waals surface area contributed by atoms with Crippen molar-refractivity contribution in [2.75, 3.05) is 4.90 Å². The van der Waals surface area contributed by atoms with E-state index >= 15 is 0 Å². The van der Waals surface area contributed by atoms with Crippen molar-refractivity contribution in [3.05, 3.63) is 146 Å². The van der Waals surface area contributed by atoms with Crippen LogP contribution in [0.4, 0.5) is 17.1 Å². The standard InChI is InChI=1S/C37H24N2O/c1-3-9-27(10-4-1)39(28-11-5-2-6-12-28)29-17-15-25(16-18-29)32-21-26-22-34-31-13-7-8-14-36(31)40-37(34)23-33(26)35-24-38-20-19-30(32)35/h1-24H. The van der Waals surface area contributed by atoms with Gasteiger partial charge in [-0.25, -0.2) is 0 Å². The number of furan rings is 1. The largest absolute Gasteiger partial charge is 0.456 e. The molecular weight excluding hydrogens is 488 g/mol. The lowest BCUT2D eigenvalue weighted by molar-refractivity contribution is 0.669. The molecule has 0 saturated carbocycles. The van der Waals surface area contributed by atoms with Gasteiger partial charge in [-0.1, -0.05) is 66.7 Å². The van der Waals surface area contributed by atoms with E-state index < -0.39 is 0 Å². The molecule has 8 rings (SSSR count). The van der Waals surface area contributed by atoms with Crippen molar-refractivity contribution < 1.29 is 4.42 Å². The molecule has 0 N–H and O–H groups in total. The Bertz CT molecular complexity index is 2110. The van der Waals surface area contributed by atoms with E-state index in [1.807, 2.05) is 24.5 Å². The lowest BCUT2D eigenvalue weighted by atomic mass is 9.93. The first kappa shape index (κ1) is 22.6. The van der Waals surface area contributed by atoms with Gasteiger partial charge in [-0.05, 0) is 94.0 Å². The molecule has 188 valence electrons. The summed E-state index contributed by atoms with van der Waals surface area (Å²) in [6.07, 6.45) is 3.84. The van der Waals surface area contributed by atoms with Crippen LogP contribution < -0.4 is 4.90 Å². The molecule has 6 aromatic carbocycles. The van der Waals surface area contributed by atoms with Crippen molar-refractivity contribution in [1.82, 2.24) is 4.98 Å². The molecule has 8 aromatic rings. The van der Waals surface area contributed by atoms with Crippen LogP contribution >= 0.6 is 0 Å². The maximum Gasteiger partial charge on any atom is 0.136 e. The van der Waals surface area contributed by atoms with Gasteiger partial charge in [0, 0.05) is 45.6 Å². The van der Waals surface area contributed by atoms with Crippen molar-refractivity contribution in [3.63, 3.8) is 0 Å². The van der Waals surface area contributed by atoms with Crippen molar-refractivity contribution in [2.45, 2.75) is 0 Å². The Morgan fingerprint density at radius 2 is 1.15 bits per heavy atom. The SMILES string of the molecule is c1ccc(N(c2ccccc2)c2ccc(-c3cc4cc5c(cc4c4cnccc34)oc3ccccc35)cc2)cc1. The van der Waals surface area contributed by atoms with Crippen molar-refractivity contribution in [1.29, 1.82) is 0 Å². The van der Waals surface area contributed by atoms with E-state index in [9.17, 15) is 0 Å². The molecule has 0 aliphatic carbocycles. The first-order valence-electron chi connectivity index (χ1n) is 13.5. The zero-order chi connectivity index (χ0) is 26.5. The summed E-state index contributed by atoms with van der Waals surface area (Å²) < 4.78 is 6.21. The molecule has 3 nitrogen and oxygen atoms in total. The van der Waals surface area contributed by atoms with E-state index in [1.54, 1.807) is 0 Å². The van der Waals surface area contributed by atoms with E-state index in [0.717, 1.165) is 49.8 Å². The average Bonchev–Trinajstić information content (AvgIpc) is 3.39. The molecule has 0 aliphatic rings. The minimum absolute atomic E-state index is 0.901. The molecular formula is C37H24N2O. The number of nitrogens with zero attached hydrogens (tertiary/aromatic N) is 2. The highest BCUT2D eigenvalue weighted by Gasteiger charge is 2.15. The highest BCUT2D eigenvalue weighted by Crippen LogP contribution is 2.40. The van der Waals surface area contributed by atoms with Crippen LogP contribution in [0.1, 0.15) is 0 Å². The van der Waals surface area contributed by atoms with Crippen molar-refractivity contribution in [2.24, 2.45) is 0 Å². The number of aromatic nitrogens is 1. The molecule has 0 amide bonds. The summed E-state index contributed by atoms with van der Waals surface area (Å²) in [6.45, 7) is 0. The van der Waals surface area contributed by atoms with Gasteiger partial charge in [0.1, 0.15) is 11.2 Å². The fraction of sp³-hybridized carbons (Fsp3) is 0. The minimum Gasteiger partial charge on any atom is -0.456 e. The quantitative estimate of drug-likeness (QED) is 0.220. The second-order valence-electron chi connectivity index (χ2n) is 10.1. The summed E-state index contributed by atoms with van der Waals surface area (Å²) in [5, 5.41) is 6.89. The summed E-state index contributed by atoms with van der Waals surface area (Å²) in [7, 11) is 0. The normalized spacial score (nSPS) is 11.5. The van der Waals surface area contributed by atoms with Crippen LogP contribution in [0.3, 0.4) is 0 Å². The van der Waals surface area contributed by atoms with Gasteiger partial charge >= 0.3 is 0 Å². The molecule has 0 radical (unpaired) electrons. The number of rotatable bonds is 4. The zero-order valence-corrected chi connectivity index (χ0v) is 21.7. The van der Waals surface area contributed by atoms with Crippen LogP contribution in [0.15, 0.2) is 150 Å². The maximum absolute atomic E-state index is 6.21. The lowest BCUT2D eigenvalue weighted by Gasteiger charge is -2.25. The highest BCUT2D eigenvalue weighted by atomic mass is 16.3. The minimum atomic E-state index is 0.901. The number of benzene rings is 6. The third kappa shape index (κ3) is 3.63. The Balaban J connectivity index is 1.30. The van der Waals surface area contributed by atoms with E-state index in [2.05, 4.69) is 131 Å². The van der Waals surface area contributed by atoms with E-state index in [0.29, 0.717) is 0 Å². The lowest BCUT2D eigenvalue weighted by Crippen LogP contribution is -2.09. The fourth-order valence-corrected chi connectivity index (χ4v) is 5.85. The third-order valence-corrected chi connectivity index (χ3v) is 7.72. The Morgan fingerprint density at radius 3 is 1.90 bits per heavy atom. The topological polar surface area (TPSA) is 29.3 Å². The van der Waals surface area contributed by atoms with Crippen LogP contribution in [0.25, 0.3) is 54.6 Å². The first-order valence-corrected chi connectivity index (χ1v) is 13.5. The predicted octanol–water partition coefficient (Wildman–Crippen LogP) is 10.4. The Labute approximate surface area is 231 Å². The summed E-state index contributed by atoms with van der Waals surface area (Å²) in [4.78, 5) is 6.77. The van der Waals surface area contributed by atoms with E-state index in [-0.39, 0.29) is 0 Å². The number of hydrogen-bond acceptors (Lipinski definition) is 3. The van der Waals surface area contributed by atoms with Crippen LogP contribution in [-0.2, 0) is 0 Å². The van der Waals surface area contributed by atoms with Gasteiger partial charge in [-0.2, -0.15) is 0 Å². The number of pyridine rings is 1. The smallest absolute Gasteiger partial charge is 0.136 e. The monoisotopic (exact) mass is 512 g/mol. The van der Waals surface area contributed by atoms with Crippen LogP contribution in [0.5, 0.6) is 0 Å². The van der Waals surface area contributed by atoms with Gasteiger partial charge < -0.3 is 9.32 Å². The van der Waals surface area contributed by atoms with Crippen LogP contribution in [0.2, 0.25) is 0 Å². The Kier molecular flexibility index (Phi) is 5.14. The van der Waals surface area contributed by atoms with Gasteiger partial charge in [-0.3, -0.25) is 4.98 Å². The number of para-hydroxylation sites is 3. The summed E-state index contributed by atoms with van der Waals surface area (Å²) >= 11 is 0. The highest BCUT2D eigenvalue weighted by molar-refractivity contribution is 6.19. The molecule has 3 heteroatoms. The molecule has 0 fully saturated rings.